The Balaban J connectivity index is 1.78. The molecule has 5 heteroatoms. The van der Waals surface area contributed by atoms with Crippen LogP contribution >= 0.6 is 0 Å². The van der Waals surface area contributed by atoms with Gasteiger partial charge >= 0.3 is 5.97 Å². The van der Waals surface area contributed by atoms with Crippen LogP contribution in [0.2, 0.25) is 0 Å². The highest BCUT2D eigenvalue weighted by Crippen LogP contribution is 2.27. The molecule has 0 aromatic heterocycles. The highest BCUT2D eigenvalue weighted by Gasteiger charge is 2.22. The number of carbonyl (C=O) groups is 1. The number of hydrogen-bond acceptors (Lipinski definition) is 4. The molecule has 3 aromatic carbocycles. The van der Waals surface area contributed by atoms with Crippen LogP contribution in [0.15, 0.2) is 72.8 Å². The summed E-state index contributed by atoms with van der Waals surface area (Å²) in [6.07, 6.45) is -0.903. The van der Waals surface area contributed by atoms with Gasteiger partial charge in [-0.2, -0.15) is 0 Å². The van der Waals surface area contributed by atoms with E-state index in [0.717, 1.165) is 11.1 Å². The normalized spacial score (nSPS) is 11.5. The van der Waals surface area contributed by atoms with E-state index in [1.54, 1.807) is 44.6 Å². The summed E-state index contributed by atoms with van der Waals surface area (Å²) in [5.41, 5.74) is 2.83. The lowest BCUT2D eigenvalue weighted by Crippen LogP contribution is -2.29. The predicted molar refractivity (Wildman–Crippen MR) is 107 cm³/mol. The fraction of sp³-hybridized carbons (Fsp3) is 0.174. The lowest BCUT2D eigenvalue weighted by molar-refractivity contribution is -0.145. The second kappa shape index (κ2) is 8.95. The molecular formula is C23H22O5. The Bertz CT molecular complexity index is 919. The van der Waals surface area contributed by atoms with Crippen LogP contribution in [0.4, 0.5) is 0 Å². The molecule has 0 radical (unpaired) electrons. The van der Waals surface area contributed by atoms with E-state index in [0.29, 0.717) is 22.8 Å². The molecule has 0 spiro atoms. The summed E-state index contributed by atoms with van der Waals surface area (Å²) < 4.78 is 16.3. The van der Waals surface area contributed by atoms with Gasteiger partial charge in [-0.1, -0.05) is 42.5 Å². The minimum absolute atomic E-state index is 0.149. The second-order valence-corrected chi connectivity index (χ2v) is 6.22. The smallest absolute Gasteiger partial charge is 0.345 e. The Morgan fingerprint density at radius 2 is 1.50 bits per heavy atom. The van der Waals surface area contributed by atoms with Crippen LogP contribution in [-0.2, 0) is 11.2 Å². The van der Waals surface area contributed by atoms with Gasteiger partial charge in [0, 0.05) is 12.0 Å². The van der Waals surface area contributed by atoms with Crippen molar-refractivity contribution in [3.63, 3.8) is 0 Å². The first-order valence-electron chi connectivity index (χ1n) is 8.86. The molecular weight excluding hydrogens is 356 g/mol. The van der Waals surface area contributed by atoms with E-state index >= 15 is 0 Å². The van der Waals surface area contributed by atoms with Crippen molar-refractivity contribution in [3.05, 3.63) is 78.4 Å². The molecule has 3 rings (SSSR count). The summed E-state index contributed by atoms with van der Waals surface area (Å²) in [5.74, 6) is 0.674. The lowest BCUT2D eigenvalue weighted by atomic mass is 10.1. The maximum Gasteiger partial charge on any atom is 0.345 e. The Hall–Kier alpha value is -3.47. The molecule has 1 atom stereocenters. The zero-order valence-electron chi connectivity index (χ0n) is 15.8. The minimum atomic E-state index is -1.05. The maximum absolute atomic E-state index is 11.8. The molecule has 0 fully saturated rings. The summed E-state index contributed by atoms with van der Waals surface area (Å²) in [6.45, 7) is 0. The molecule has 144 valence electrons. The van der Waals surface area contributed by atoms with Crippen LogP contribution in [0.25, 0.3) is 11.1 Å². The largest absolute Gasteiger partial charge is 0.497 e. The Morgan fingerprint density at radius 3 is 2.11 bits per heavy atom. The quantitative estimate of drug-likeness (QED) is 0.628. The number of aliphatic carboxylic acids is 1. The number of benzene rings is 3. The first kappa shape index (κ1) is 19.3. The average Bonchev–Trinajstić information content (AvgIpc) is 2.74. The van der Waals surface area contributed by atoms with Crippen molar-refractivity contribution < 1.29 is 24.1 Å². The summed E-state index contributed by atoms with van der Waals surface area (Å²) >= 11 is 0. The molecule has 0 aliphatic carbocycles. The van der Waals surface area contributed by atoms with Gasteiger partial charge in [-0.15, -0.1) is 0 Å². The highest BCUT2D eigenvalue weighted by atomic mass is 16.5. The third-order valence-corrected chi connectivity index (χ3v) is 4.41. The Morgan fingerprint density at radius 1 is 0.857 bits per heavy atom. The molecule has 0 heterocycles. The van der Waals surface area contributed by atoms with E-state index in [1.165, 1.54) is 0 Å². The van der Waals surface area contributed by atoms with Crippen molar-refractivity contribution in [1.29, 1.82) is 0 Å². The molecule has 0 aliphatic heterocycles. The van der Waals surface area contributed by atoms with E-state index < -0.39 is 12.1 Å². The number of ether oxygens (including phenoxy) is 3. The monoisotopic (exact) mass is 378 g/mol. The lowest BCUT2D eigenvalue weighted by Gasteiger charge is -2.17. The number of methoxy groups -OCH3 is 2. The van der Waals surface area contributed by atoms with Crippen molar-refractivity contribution in [2.24, 2.45) is 0 Å². The van der Waals surface area contributed by atoms with Gasteiger partial charge in [0.15, 0.2) is 6.10 Å². The van der Waals surface area contributed by atoms with Crippen molar-refractivity contribution in [3.8, 4) is 28.4 Å². The molecule has 0 saturated heterocycles. The number of rotatable bonds is 8. The van der Waals surface area contributed by atoms with Gasteiger partial charge in [-0.25, -0.2) is 4.79 Å². The topological polar surface area (TPSA) is 65.0 Å². The fourth-order valence-corrected chi connectivity index (χ4v) is 2.94. The van der Waals surface area contributed by atoms with Crippen molar-refractivity contribution in [2.45, 2.75) is 12.5 Å². The predicted octanol–water partition coefficient (Wildman–Crippen LogP) is 4.45. The van der Waals surface area contributed by atoms with Gasteiger partial charge in [0.05, 0.1) is 14.2 Å². The molecule has 1 N–H and O–H groups in total. The first-order chi connectivity index (χ1) is 13.6. The summed E-state index contributed by atoms with van der Waals surface area (Å²) in [5, 5.41) is 9.62. The first-order valence-corrected chi connectivity index (χ1v) is 8.86. The van der Waals surface area contributed by atoms with Gasteiger partial charge in [0.25, 0.3) is 0 Å². The van der Waals surface area contributed by atoms with Crippen molar-refractivity contribution >= 4 is 5.97 Å². The van der Waals surface area contributed by atoms with Gasteiger partial charge in [0.2, 0.25) is 0 Å². The number of hydrogen-bond donors (Lipinski definition) is 1. The zero-order chi connectivity index (χ0) is 19.9. The molecule has 0 saturated carbocycles. The maximum atomic E-state index is 11.8. The molecule has 0 aliphatic rings. The molecule has 28 heavy (non-hydrogen) atoms. The van der Waals surface area contributed by atoms with Crippen LogP contribution in [0, 0.1) is 0 Å². The van der Waals surface area contributed by atoms with Gasteiger partial charge in [0.1, 0.15) is 17.2 Å². The van der Waals surface area contributed by atoms with Crippen LogP contribution in [-0.4, -0.2) is 31.4 Å². The van der Waals surface area contributed by atoms with E-state index in [4.69, 9.17) is 14.2 Å². The number of carboxylic acids is 1. The molecule has 0 amide bonds. The van der Waals surface area contributed by atoms with Crippen LogP contribution in [0.5, 0.6) is 17.2 Å². The molecule has 3 aromatic rings. The highest BCUT2D eigenvalue weighted by molar-refractivity contribution is 5.73. The van der Waals surface area contributed by atoms with Crippen LogP contribution in [0.1, 0.15) is 5.56 Å². The Labute approximate surface area is 164 Å². The zero-order valence-corrected chi connectivity index (χ0v) is 15.8. The summed E-state index contributed by atoms with van der Waals surface area (Å²) in [6, 6.07) is 22.6. The molecule has 5 nitrogen and oxygen atoms in total. The van der Waals surface area contributed by atoms with E-state index in [-0.39, 0.29) is 6.42 Å². The van der Waals surface area contributed by atoms with Gasteiger partial charge in [-0.05, 0) is 41.5 Å². The fourth-order valence-electron chi connectivity index (χ4n) is 2.94. The van der Waals surface area contributed by atoms with Crippen LogP contribution in [0.3, 0.4) is 0 Å². The van der Waals surface area contributed by atoms with Gasteiger partial charge < -0.3 is 19.3 Å². The third kappa shape index (κ3) is 4.62. The van der Waals surface area contributed by atoms with Crippen molar-refractivity contribution in [2.75, 3.05) is 14.2 Å². The average molecular weight is 378 g/mol. The summed E-state index contributed by atoms with van der Waals surface area (Å²) in [4.78, 5) is 11.8. The van der Waals surface area contributed by atoms with Crippen LogP contribution < -0.4 is 14.2 Å². The van der Waals surface area contributed by atoms with Gasteiger partial charge in [-0.3, -0.25) is 0 Å². The SMILES string of the molecule is COc1ccc(OC)c(C[C@H](Oc2ccc(-c3ccccc3)cc2)C(=O)O)c1. The molecule has 0 unspecified atom stereocenters. The van der Waals surface area contributed by atoms with Crippen molar-refractivity contribution in [1.82, 2.24) is 0 Å². The van der Waals surface area contributed by atoms with E-state index in [1.807, 2.05) is 42.5 Å². The van der Waals surface area contributed by atoms with E-state index in [9.17, 15) is 9.90 Å². The molecule has 0 bridgehead atoms. The minimum Gasteiger partial charge on any atom is -0.497 e. The summed E-state index contributed by atoms with van der Waals surface area (Å²) in [7, 11) is 3.11. The standard InChI is InChI=1S/C23H22O5/c1-26-20-12-13-21(27-2)18(14-20)15-22(23(24)25)28-19-10-8-17(9-11-19)16-6-4-3-5-7-16/h3-14,22H,15H2,1-2H3,(H,24,25)/t22-/m0/s1. The Kier molecular flexibility index (Phi) is 6.17. The van der Waals surface area contributed by atoms with E-state index in [2.05, 4.69) is 0 Å². The third-order valence-electron chi connectivity index (χ3n) is 4.41. The second-order valence-electron chi connectivity index (χ2n) is 6.22. The number of carboxylic acid groups (broad SMARTS) is 1.